The van der Waals surface area contributed by atoms with Crippen LogP contribution >= 0.6 is 23.2 Å². The zero-order valence-electron chi connectivity index (χ0n) is 14.5. The molecule has 1 heterocycles. The predicted molar refractivity (Wildman–Crippen MR) is 104 cm³/mol. The van der Waals surface area contributed by atoms with Gasteiger partial charge in [0, 0.05) is 26.1 Å². The molecule has 4 nitrogen and oxygen atoms in total. The number of carbonyl (C=O) groups excluding carboxylic acids is 2. The summed E-state index contributed by atoms with van der Waals surface area (Å²) in [5.74, 6) is -0.491. The van der Waals surface area contributed by atoms with Crippen LogP contribution in [-0.4, -0.2) is 29.8 Å². The second-order valence-electron chi connectivity index (χ2n) is 6.32. The highest BCUT2D eigenvalue weighted by atomic mass is 35.5. The molecule has 2 amide bonds. The van der Waals surface area contributed by atoms with Gasteiger partial charge in [-0.3, -0.25) is 9.59 Å². The van der Waals surface area contributed by atoms with Gasteiger partial charge in [0.2, 0.25) is 11.8 Å². The summed E-state index contributed by atoms with van der Waals surface area (Å²) < 4.78 is 0. The minimum absolute atomic E-state index is 0.00893. The summed E-state index contributed by atoms with van der Waals surface area (Å²) in [6, 6.07) is 15.0. The van der Waals surface area contributed by atoms with Crippen LogP contribution < -0.4 is 4.90 Å². The lowest BCUT2D eigenvalue weighted by Gasteiger charge is -2.24. The third-order valence-electron chi connectivity index (χ3n) is 4.61. The largest absolute Gasteiger partial charge is 0.338 e. The summed E-state index contributed by atoms with van der Waals surface area (Å²) in [6.45, 7) is 3.40. The lowest BCUT2D eigenvalue weighted by Crippen LogP contribution is -2.37. The van der Waals surface area contributed by atoms with Crippen LogP contribution in [0.4, 0.5) is 5.69 Å². The Kier molecular flexibility index (Phi) is 5.84. The van der Waals surface area contributed by atoms with Crippen molar-refractivity contribution in [3.63, 3.8) is 0 Å². The molecule has 1 saturated heterocycles. The van der Waals surface area contributed by atoms with E-state index < -0.39 is 0 Å². The Morgan fingerprint density at radius 2 is 1.88 bits per heavy atom. The van der Waals surface area contributed by atoms with Crippen LogP contribution in [0.2, 0.25) is 10.0 Å². The summed E-state index contributed by atoms with van der Waals surface area (Å²) in [7, 11) is 0. The molecule has 3 rings (SSSR count). The van der Waals surface area contributed by atoms with Crippen molar-refractivity contribution in [2.24, 2.45) is 5.92 Å². The summed E-state index contributed by atoms with van der Waals surface area (Å²) in [5, 5.41) is 0.734. The molecule has 0 bridgehead atoms. The van der Waals surface area contributed by atoms with E-state index >= 15 is 0 Å². The van der Waals surface area contributed by atoms with E-state index in [-0.39, 0.29) is 24.2 Å². The number of rotatable bonds is 5. The van der Waals surface area contributed by atoms with Gasteiger partial charge in [0.25, 0.3) is 0 Å². The first-order valence-corrected chi connectivity index (χ1v) is 9.34. The van der Waals surface area contributed by atoms with Crippen molar-refractivity contribution in [2.45, 2.75) is 19.9 Å². The van der Waals surface area contributed by atoms with Crippen molar-refractivity contribution in [1.82, 2.24) is 4.90 Å². The summed E-state index contributed by atoms with van der Waals surface area (Å²) in [6.07, 6.45) is 0.187. The van der Waals surface area contributed by atoms with E-state index in [2.05, 4.69) is 0 Å². The highest BCUT2D eigenvalue weighted by Gasteiger charge is 2.37. The third kappa shape index (κ3) is 3.87. The molecule has 0 radical (unpaired) electrons. The maximum absolute atomic E-state index is 12.9. The van der Waals surface area contributed by atoms with E-state index in [4.69, 9.17) is 23.2 Å². The molecule has 6 heteroatoms. The van der Waals surface area contributed by atoms with Gasteiger partial charge in [-0.1, -0.05) is 59.6 Å². The second-order valence-corrected chi connectivity index (χ2v) is 7.10. The molecule has 0 N–H and O–H groups in total. The van der Waals surface area contributed by atoms with Crippen LogP contribution in [0.15, 0.2) is 48.5 Å². The minimum atomic E-state index is -0.374. The van der Waals surface area contributed by atoms with Gasteiger partial charge < -0.3 is 9.80 Å². The first-order chi connectivity index (χ1) is 12.5. The number of hydrogen-bond acceptors (Lipinski definition) is 2. The average molecular weight is 391 g/mol. The molecule has 0 saturated carbocycles. The van der Waals surface area contributed by atoms with E-state index in [1.165, 1.54) is 0 Å². The molecule has 0 aliphatic carbocycles. The van der Waals surface area contributed by atoms with Crippen molar-refractivity contribution in [2.75, 3.05) is 18.0 Å². The van der Waals surface area contributed by atoms with Gasteiger partial charge in [-0.05, 0) is 24.6 Å². The molecule has 26 heavy (non-hydrogen) atoms. The zero-order chi connectivity index (χ0) is 18.7. The van der Waals surface area contributed by atoms with E-state index in [9.17, 15) is 9.59 Å². The Morgan fingerprint density at radius 3 is 2.58 bits per heavy atom. The molecule has 0 spiro atoms. The zero-order valence-corrected chi connectivity index (χ0v) is 16.0. The molecule has 1 unspecified atom stereocenters. The van der Waals surface area contributed by atoms with E-state index in [1.807, 2.05) is 37.3 Å². The van der Waals surface area contributed by atoms with Gasteiger partial charge in [0.05, 0.1) is 21.7 Å². The number of hydrogen-bond donors (Lipinski definition) is 0. The second kappa shape index (κ2) is 8.11. The van der Waals surface area contributed by atoms with E-state index in [0.717, 1.165) is 5.56 Å². The van der Waals surface area contributed by atoms with Crippen LogP contribution in [0.3, 0.4) is 0 Å². The molecule has 1 atom stereocenters. The van der Waals surface area contributed by atoms with Crippen LogP contribution in [0.1, 0.15) is 18.9 Å². The first-order valence-electron chi connectivity index (χ1n) is 8.58. The maximum Gasteiger partial charge on any atom is 0.228 e. The van der Waals surface area contributed by atoms with Crippen molar-refractivity contribution < 1.29 is 9.59 Å². The smallest absolute Gasteiger partial charge is 0.228 e. The van der Waals surface area contributed by atoms with Crippen LogP contribution in [-0.2, 0) is 16.1 Å². The van der Waals surface area contributed by atoms with E-state index in [1.54, 1.807) is 28.0 Å². The highest BCUT2D eigenvalue weighted by molar-refractivity contribution is 6.44. The normalized spacial score (nSPS) is 16.8. The standard InChI is InChI=1S/C20H20Cl2N2O2/c1-2-23(12-14-7-4-3-5-8-14)20(26)15-11-18(25)24(13-15)17-10-6-9-16(21)19(17)22/h3-10,15H,2,11-13H2,1H3. The molecule has 2 aromatic rings. The molecule has 136 valence electrons. The van der Waals surface area contributed by atoms with Crippen molar-refractivity contribution in [3.05, 3.63) is 64.1 Å². The first kappa shape index (κ1) is 18.7. The maximum atomic E-state index is 12.9. The van der Waals surface area contributed by atoms with Crippen LogP contribution in [0.25, 0.3) is 0 Å². The summed E-state index contributed by atoms with van der Waals surface area (Å²) in [5.41, 5.74) is 1.63. The van der Waals surface area contributed by atoms with Crippen molar-refractivity contribution in [3.8, 4) is 0 Å². The number of benzene rings is 2. The molecule has 0 aromatic heterocycles. The molecule has 2 aromatic carbocycles. The minimum Gasteiger partial charge on any atom is -0.338 e. The molecule has 1 aliphatic rings. The lowest BCUT2D eigenvalue weighted by molar-refractivity contribution is -0.136. The predicted octanol–water partition coefficient (Wildman–Crippen LogP) is 4.40. The molecule has 1 fully saturated rings. The Labute approximate surface area is 163 Å². The molecule has 1 aliphatic heterocycles. The Morgan fingerprint density at radius 1 is 1.15 bits per heavy atom. The monoisotopic (exact) mass is 390 g/mol. The Hall–Kier alpha value is -2.04. The lowest BCUT2D eigenvalue weighted by atomic mass is 10.1. The topological polar surface area (TPSA) is 40.6 Å². The van der Waals surface area contributed by atoms with Crippen LogP contribution in [0.5, 0.6) is 0 Å². The Balaban J connectivity index is 1.74. The van der Waals surface area contributed by atoms with E-state index in [0.29, 0.717) is 35.4 Å². The SMILES string of the molecule is CCN(Cc1ccccc1)C(=O)C1CC(=O)N(c2cccc(Cl)c2Cl)C1. The van der Waals surface area contributed by atoms with Crippen molar-refractivity contribution >= 4 is 40.7 Å². The number of carbonyl (C=O) groups is 2. The van der Waals surface area contributed by atoms with Crippen LogP contribution in [0, 0.1) is 5.92 Å². The molecular formula is C20H20Cl2N2O2. The average Bonchev–Trinajstić information content (AvgIpc) is 3.04. The quantitative estimate of drug-likeness (QED) is 0.758. The summed E-state index contributed by atoms with van der Waals surface area (Å²) in [4.78, 5) is 28.8. The van der Waals surface area contributed by atoms with Gasteiger partial charge in [-0.2, -0.15) is 0 Å². The third-order valence-corrected chi connectivity index (χ3v) is 5.41. The van der Waals surface area contributed by atoms with Gasteiger partial charge in [-0.15, -0.1) is 0 Å². The fourth-order valence-corrected chi connectivity index (χ4v) is 3.61. The number of halogens is 2. The fourth-order valence-electron chi connectivity index (χ4n) is 3.21. The molecular weight excluding hydrogens is 371 g/mol. The highest BCUT2D eigenvalue weighted by Crippen LogP contribution is 2.36. The Bertz CT molecular complexity index is 811. The van der Waals surface area contributed by atoms with Gasteiger partial charge in [0.15, 0.2) is 0 Å². The van der Waals surface area contributed by atoms with Gasteiger partial charge in [-0.25, -0.2) is 0 Å². The fraction of sp³-hybridized carbons (Fsp3) is 0.300. The number of anilines is 1. The summed E-state index contributed by atoms with van der Waals surface area (Å²) >= 11 is 12.3. The number of nitrogens with zero attached hydrogens (tertiary/aromatic N) is 2. The van der Waals surface area contributed by atoms with Gasteiger partial charge in [0.1, 0.15) is 0 Å². The number of amides is 2. The van der Waals surface area contributed by atoms with Crippen molar-refractivity contribution in [1.29, 1.82) is 0 Å². The van der Waals surface area contributed by atoms with Gasteiger partial charge >= 0.3 is 0 Å².